The normalized spacial score (nSPS) is 12.9. The summed E-state index contributed by atoms with van der Waals surface area (Å²) in [4.78, 5) is 0.205. The lowest BCUT2D eigenvalue weighted by atomic mass is 10.4. The van der Waals surface area contributed by atoms with Gasteiger partial charge < -0.3 is 5.73 Å². The van der Waals surface area contributed by atoms with Crippen molar-refractivity contribution in [3.63, 3.8) is 0 Å². The van der Waals surface area contributed by atoms with Crippen molar-refractivity contribution < 1.29 is 8.42 Å². The smallest absolute Gasteiger partial charge is 0.241 e. The van der Waals surface area contributed by atoms with Crippen molar-refractivity contribution >= 4 is 54.3 Å². The molecule has 1 aromatic rings. The minimum Gasteiger partial charge on any atom is -0.329 e. The van der Waals surface area contributed by atoms with E-state index in [1.807, 2.05) is 0 Å². The molecule has 0 saturated heterocycles. The molecule has 17 heavy (non-hydrogen) atoms. The number of hydrogen-bond acceptors (Lipinski definition) is 3. The highest BCUT2D eigenvalue weighted by Gasteiger charge is 2.19. The Morgan fingerprint density at radius 2 is 2.00 bits per heavy atom. The second-order valence-corrected chi connectivity index (χ2v) is 6.79. The van der Waals surface area contributed by atoms with E-state index in [0.29, 0.717) is 4.47 Å². The summed E-state index contributed by atoms with van der Waals surface area (Å²) >= 11 is 6.48. The maximum absolute atomic E-state index is 11.9. The third-order valence-electron chi connectivity index (χ3n) is 1.89. The van der Waals surface area contributed by atoms with Crippen LogP contribution in [0.3, 0.4) is 0 Å². The molecule has 0 aromatic heterocycles. The molecule has 1 rings (SSSR count). The number of rotatable bonds is 4. The van der Waals surface area contributed by atoms with Crippen LogP contribution in [0.1, 0.15) is 6.92 Å². The fourth-order valence-corrected chi connectivity index (χ4v) is 4.07. The highest BCUT2D eigenvalue weighted by molar-refractivity contribution is 9.11. The number of benzene rings is 1. The standard InChI is InChI=1S/C9H12Br2N2O2S.ClH/c1-6(5-12)13-16(14,15)9-3-2-7(10)4-8(9)11;/h2-4,6,13H,5,12H2,1H3;1H/t6-;/m1./s1. The van der Waals surface area contributed by atoms with Gasteiger partial charge in [-0.3, -0.25) is 0 Å². The van der Waals surface area contributed by atoms with Crippen LogP contribution in [-0.4, -0.2) is 21.0 Å². The first-order valence-corrected chi connectivity index (χ1v) is 7.61. The highest BCUT2D eigenvalue weighted by Crippen LogP contribution is 2.25. The van der Waals surface area contributed by atoms with Crippen LogP contribution in [0.4, 0.5) is 0 Å². The number of halogens is 3. The monoisotopic (exact) mass is 406 g/mol. The fraction of sp³-hybridized carbons (Fsp3) is 0.333. The topological polar surface area (TPSA) is 72.2 Å². The summed E-state index contributed by atoms with van der Waals surface area (Å²) < 4.78 is 27.7. The first-order valence-electron chi connectivity index (χ1n) is 4.54. The third kappa shape index (κ3) is 4.84. The van der Waals surface area contributed by atoms with E-state index in [1.165, 1.54) is 6.07 Å². The Balaban J connectivity index is 0.00000256. The second-order valence-electron chi connectivity index (χ2n) is 3.33. The molecule has 0 aliphatic rings. The van der Waals surface area contributed by atoms with E-state index < -0.39 is 10.0 Å². The van der Waals surface area contributed by atoms with Gasteiger partial charge in [-0.2, -0.15) is 0 Å². The number of hydrogen-bond donors (Lipinski definition) is 2. The maximum atomic E-state index is 11.9. The molecule has 0 amide bonds. The van der Waals surface area contributed by atoms with Gasteiger partial charge in [-0.15, -0.1) is 12.4 Å². The zero-order valence-corrected chi connectivity index (χ0v) is 13.8. The summed E-state index contributed by atoms with van der Waals surface area (Å²) in [5.41, 5.74) is 5.37. The van der Waals surface area contributed by atoms with E-state index >= 15 is 0 Å². The molecule has 0 heterocycles. The van der Waals surface area contributed by atoms with Crippen LogP contribution in [0.2, 0.25) is 0 Å². The van der Waals surface area contributed by atoms with Crippen molar-refractivity contribution in [3.8, 4) is 0 Å². The quantitative estimate of drug-likeness (QED) is 0.803. The molecule has 0 aliphatic carbocycles. The predicted molar refractivity (Wildman–Crippen MR) is 77.9 cm³/mol. The summed E-state index contributed by atoms with van der Waals surface area (Å²) in [6, 6.07) is 4.59. The Morgan fingerprint density at radius 3 is 2.47 bits per heavy atom. The molecule has 0 radical (unpaired) electrons. The Morgan fingerprint density at radius 1 is 1.41 bits per heavy atom. The molecule has 0 fully saturated rings. The zero-order chi connectivity index (χ0) is 12.3. The van der Waals surface area contributed by atoms with Crippen LogP contribution in [0, 0.1) is 0 Å². The van der Waals surface area contributed by atoms with Gasteiger partial charge in [0.2, 0.25) is 10.0 Å². The van der Waals surface area contributed by atoms with Crippen molar-refractivity contribution in [1.82, 2.24) is 4.72 Å². The lowest BCUT2D eigenvalue weighted by molar-refractivity contribution is 0.562. The molecule has 0 saturated carbocycles. The van der Waals surface area contributed by atoms with E-state index in [-0.39, 0.29) is 29.9 Å². The van der Waals surface area contributed by atoms with Crippen molar-refractivity contribution in [1.29, 1.82) is 0 Å². The maximum Gasteiger partial charge on any atom is 0.241 e. The summed E-state index contributed by atoms with van der Waals surface area (Å²) in [7, 11) is -3.52. The highest BCUT2D eigenvalue weighted by atomic mass is 79.9. The molecule has 0 bridgehead atoms. The summed E-state index contributed by atoms with van der Waals surface area (Å²) in [6.07, 6.45) is 0. The Kier molecular flexibility index (Phi) is 7.20. The minimum atomic E-state index is -3.52. The molecular formula is C9H13Br2ClN2O2S. The molecule has 1 atom stereocenters. The second kappa shape index (κ2) is 7.06. The first kappa shape index (κ1) is 17.3. The Labute approximate surface area is 124 Å². The van der Waals surface area contributed by atoms with Gasteiger partial charge in [0, 0.05) is 21.5 Å². The number of sulfonamides is 1. The van der Waals surface area contributed by atoms with Crippen LogP contribution < -0.4 is 10.5 Å². The predicted octanol–water partition coefficient (Wildman–Crippen LogP) is 2.26. The molecule has 98 valence electrons. The van der Waals surface area contributed by atoms with E-state index in [1.54, 1.807) is 19.1 Å². The molecular weight excluding hydrogens is 395 g/mol. The average Bonchev–Trinajstić information content (AvgIpc) is 2.16. The Bertz CT molecular complexity index is 482. The molecule has 1 aromatic carbocycles. The first-order chi connectivity index (χ1) is 7.36. The van der Waals surface area contributed by atoms with Crippen LogP contribution in [-0.2, 0) is 10.0 Å². The Hall–Kier alpha value is 0.340. The largest absolute Gasteiger partial charge is 0.329 e. The SMILES string of the molecule is C[C@H](CN)NS(=O)(=O)c1ccc(Br)cc1Br.Cl. The van der Waals surface area contributed by atoms with Gasteiger partial charge in [-0.1, -0.05) is 15.9 Å². The van der Waals surface area contributed by atoms with Gasteiger partial charge in [0.1, 0.15) is 0 Å². The lowest BCUT2D eigenvalue weighted by Crippen LogP contribution is -2.37. The van der Waals surface area contributed by atoms with Gasteiger partial charge in [0.15, 0.2) is 0 Å². The molecule has 4 nitrogen and oxygen atoms in total. The fourth-order valence-electron chi connectivity index (χ4n) is 1.07. The molecule has 0 spiro atoms. The van der Waals surface area contributed by atoms with Crippen LogP contribution in [0.5, 0.6) is 0 Å². The van der Waals surface area contributed by atoms with E-state index in [4.69, 9.17) is 5.73 Å². The van der Waals surface area contributed by atoms with Crippen molar-refractivity contribution in [3.05, 3.63) is 27.1 Å². The van der Waals surface area contributed by atoms with E-state index in [2.05, 4.69) is 36.6 Å². The van der Waals surface area contributed by atoms with Crippen LogP contribution in [0.15, 0.2) is 32.0 Å². The van der Waals surface area contributed by atoms with Gasteiger partial charge in [-0.05, 0) is 41.1 Å². The van der Waals surface area contributed by atoms with Gasteiger partial charge >= 0.3 is 0 Å². The molecule has 8 heteroatoms. The summed E-state index contributed by atoms with van der Waals surface area (Å²) in [5, 5.41) is 0. The minimum absolute atomic E-state index is 0. The molecule has 0 aliphatic heterocycles. The summed E-state index contributed by atoms with van der Waals surface area (Å²) in [6.45, 7) is 1.97. The molecule has 0 unspecified atom stereocenters. The molecule has 3 N–H and O–H groups in total. The third-order valence-corrected chi connectivity index (χ3v) is 4.95. The van der Waals surface area contributed by atoms with Gasteiger partial charge in [0.25, 0.3) is 0 Å². The summed E-state index contributed by atoms with van der Waals surface area (Å²) in [5.74, 6) is 0. The number of nitrogens with one attached hydrogen (secondary N) is 1. The van der Waals surface area contributed by atoms with E-state index in [9.17, 15) is 8.42 Å². The van der Waals surface area contributed by atoms with Crippen molar-refractivity contribution in [2.75, 3.05) is 6.54 Å². The van der Waals surface area contributed by atoms with Crippen molar-refractivity contribution in [2.24, 2.45) is 5.73 Å². The van der Waals surface area contributed by atoms with Gasteiger partial charge in [0.05, 0.1) is 4.90 Å². The lowest BCUT2D eigenvalue weighted by Gasteiger charge is -2.13. The van der Waals surface area contributed by atoms with E-state index in [0.717, 1.165) is 4.47 Å². The van der Waals surface area contributed by atoms with Gasteiger partial charge in [-0.25, -0.2) is 13.1 Å². The van der Waals surface area contributed by atoms with Crippen LogP contribution >= 0.6 is 44.3 Å². The van der Waals surface area contributed by atoms with Crippen molar-refractivity contribution in [2.45, 2.75) is 17.9 Å². The number of nitrogens with two attached hydrogens (primary N) is 1. The zero-order valence-electron chi connectivity index (χ0n) is 8.98. The van der Waals surface area contributed by atoms with Crippen LogP contribution in [0.25, 0.3) is 0 Å². The average molecular weight is 409 g/mol.